The lowest BCUT2D eigenvalue weighted by Gasteiger charge is -2.22. The van der Waals surface area contributed by atoms with Crippen molar-refractivity contribution in [1.29, 1.82) is 0 Å². The summed E-state index contributed by atoms with van der Waals surface area (Å²) in [4.78, 5) is 11.7. The molecule has 1 rings (SSSR count). The second-order valence-electron chi connectivity index (χ2n) is 5.25. The number of hydrogen-bond acceptors (Lipinski definition) is 3. The molecular formula is C11H21NO2. The van der Waals surface area contributed by atoms with Gasteiger partial charge in [0, 0.05) is 6.04 Å². The third-order valence-electron chi connectivity index (χ3n) is 2.62. The molecule has 0 aromatic carbocycles. The first-order valence-corrected chi connectivity index (χ1v) is 5.28. The van der Waals surface area contributed by atoms with Gasteiger partial charge in [-0.1, -0.05) is 6.92 Å². The fourth-order valence-electron chi connectivity index (χ4n) is 1.66. The summed E-state index contributed by atoms with van der Waals surface area (Å²) in [7, 11) is 0. The van der Waals surface area contributed by atoms with Gasteiger partial charge >= 0.3 is 5.97 Å². The summed E-state index contributed by atoms with van der Waals surface area (Å²) >= 11 is 0. The predicted molar refractivity (Wildman–Crippen MR) is 56.0 cm³/mol. The maximum absolute atomic E-state index is 11.7. The highest BCUT2D eigenvalue weighted by Gasteiger charge is 2.34. The second-order valence-corrected chi connectivity index (χ2v) is 5.25. The lowest BCUT2D eigenvalue weighted by Crippen LogP contribution is -2.39. The Hall–Kier alpha value is -0.570. The molecule has 0 aliphatic carbocycles. The molecule has 0 saturated carbocycles. The fraction of sp³-hybridized carbons (Fsp3) is 0.909. The standard InChI is InChI=1S/C11H21NO2/c1-7-6-9(12-8(7)2)10(13)14-11(3,4)5/h7-9,12H,6H2,1-5H3/t7?,8-,9?/m1/s1. The van der Waals surface area contributed by atoms with Gasteiger partial charge in [-0.2, -0.15) is 0 Å². The minimum absolute atomic E-state index is 0.112. The van der Waals surface area contributed by atoms with Gasteiger partial charge < -0.3 is 10.1 Å². The molecule has 1 fully saturated rings. The molecule has 1 heterocycles. The van der Waals surface area contributed by atoms with Gasteiger partial charge in [0.05, 0.1) is 0 Å². The average Bonchev–Trinajstić information content (AvgIpc) is 2.28. The van der Waals surface area contributed by atoms with E-state index in [-0.39, 0.29) is 17.6 Å². The maximum Gasteiger partial charge on any atom is 0.323 e. The van der Waals surface area contributed by atoms with Crippen molar-refractivity contribution >= 4 is 5.97 Å². The molecule has 1 aliphatic heterocycles. The Morgan fingerprint density at radius 2 is 1.93 bits per heavy atom. The van der Waals surface area contributed by atoms with Crippen LogP contribution in [0.1, 0.15) is 41.0 Å². The number of ether oxygens (including phenoxy) is 1. The van der Waals surface area contributed by atoms with Gasteiger partial charge in [-0.15, -0.1) is 0 Å². The van der Waals surface area contributed by atoms with Gasteiger partial charge in [0.1, 0.15) is 11.6 Å². The highest BCUT2D eigenvalue weighted by molar-refractivity contribution is 5.76. The Morgan fingerprint density at radius 1 is 1.36 bits per heavy atom. The molecule has 82 valence electrons. The van der Waals surface area contributed by atoms with Crippen LogP contribution in [-0.2, 0) is 9.53 Å². The number of esters is 1. The third-order valence-corrected chi connectivity index (χ3v) is 2.62. The van der Waals surface area contributed by atoms with Crippen molar-refractivity contribution in [1.82, 2.24) is 5.32 Å². The molecule has 0 aromatic rings. The van der Waals surface area contributed by atoms with Crippen LogP contribution < -0.4 is 5.32 Å². The van der Waals surface area contributed by atoms with E-state index in [4.69, 9.17) is 4.74 Å². The van der Waals surface area contributed by atoms with Crippen molar-refractivity contribution in [3.8, 4) is 0 Å². The smallest absolute Gasteiger partial charge is 0.323 e. The summed E-state index contributed by atoms with van der Waals surface area (Å²) in [5.41, 5.74) is -0.381. The summed E-state index contributed by atoms with van der Waals surface area (Å²) in [5.74, 6) is 0.432. The molecule has 3 heteroatoms. The SMILES string of the molecule is CC1CC(C(=O)OC(C)(C)C)N[C@@H]1C. The minimum Gasteiger partial charge on any atom is -0.459 e. The van der Waals surface area contributed by atoms with Gasteiger partial charge in [0.15, 0.2) is 0 Å². The predicted octanol–water partition coefficient (Wildman–Crippen LogP) is 1.71. The van der Waals surface area contributed by atoms with Crippen molar-refractivity contribution in [2.75, 3.05) is 0 Å². The molecule has 1 saturated heterocycles. The van der Waals surface area contributed by atoms with Crippen LogP contribution in [-0.4, -0.2) is 23.7 Å². The fourth-order valence-corrected chi connectivity index (χ4v) is 1.66. The van der Waals surface area contributed by atoms with Crippen molar-refractivity contribution in [3.05, 3.63) is 0 Å². The zero-order valence-electron chi connectivity index (χ0n) is 9.76. The van der Waals surface area contributed by atoms with E-state index in [0.29, 0.717) is 12.0 Å². The first kappa shape index (κ1) is 11.5. The zero-order valence-corrected chi connectivity index (χ0v) is 9.76. The number of carbonyl (C=O) groups excluding carboxylic acids is 1. The minimum atomic E-state index is -0.381. The molecule has 1 N–H and O–H groups in total. The summed E-state index contributed by atoms with van der Waals surface area (Å²) in [5, 5.41) is 3.25. The largest absolute Gasteiger partial charge is 0.459 e. The van der Waals surface area contributed by atoms with E-state index in [9.17, 15) is 4.79 Å². The van der Waals surface area contributed by atoms with Gasteiger partial charge in [-0.3, -0.25) is 4.79 Å². The molecule has 0 amide bonds. The molecular weight excluding hydrogens is 178 g/mol. The van der Waals surface area contributed by atoms with Gasteiger partial charge in [0.25, 0.3) is 0 Å². The highest BCUT2D eigenvalue weighted by atomic mass is 16.6. The Balaban J connectivity index is 2.48. The molecule has 2 unspecified atom stereocenters. The first-order chi connectivity index (χ1) is 6.29. The quantitative estimate of drug-likeness (QED) is 0.653. The van der Waals surface area contributed by atoms with E-state index >= 15 is 0 Å². The van der Waals surface area contributed by atoms with Crippen molar-refractivity contribution < 1.29 is 9.53 Å². The van der Waals surface area contributed by atoms with Crippen LogP contribution in [0.3, 0.4) is 0 Å². The van der Waals surface area contributed by atoms with Crippen molar-refractivity contribution in [3.63, 3.8) is 0 Å². The summed E-state index contributed by atoms with van der Waals surface area (Å²) < 4.78 is 5.32. The molecule has 1 aliphatic rings. The van der Waals surface area contributed by atoms with E-state index in [2.05, 4.69) is 19.2 Å². The van der Waals surface area contributed by atoms with Crippen LogP contribution in [0.15, 0.2) is 0 Å². The maximum atomic E-state index is 11.7. The Kier molecular flexibility index (Phi) is 3.20. The molecule has 3 nitrogen and oxygen atoms in total. The topological polar surface area (TPSA) is 38.3 Å². The average molecular weight is 199 g/mol. The van der Waals surface area contributed by atoms with Crippen LogP contribution in [0.4, 0.5) is 0 Å². The Bertz CT molecular complexity index is 210. The number of carbonyl (C=O) groups is 1. The molecule has 0 aromatic heterocycles. The second kappa shape index (κ2) is 3.89. The molecule has 0 radical (unpaired) electrons. The van der Waals surface area contributed by atoms with Crippen LogP contribution in [0, 0.1) is 5.92 Å². The third kappa shape index (κ3) is 2.98. The van der Waals surface area contributed by atoms with Crippen LogP contribution in [0.2, 0.25) is 0 Å². The molecule has 3 atom stereocenters. The molecule has 14 heavy (non-hydrogen) atoms. The molecule has 0 spiro atoms. The van der Waals surface area contributed by atoms with Gasteiger partial charge in [-0.25, -0.2) is 0 Å². The number of hydrogen-bond donors (Lipinski definition) is 1. The van der Waals surface area contributed by atoms with E-state index in [1.165, 1.54) is 0 Å². The summed E-state index contributed by atoms with van der Waals surface area (Å²) in [6.45, 7) is 9.95. The number of nitrogens with one attached hydrogen (secondary N) is 1. The number of rotatable bonds is 1. The van der Waals surface area contributed by atoms with E-state index in [1.54, 1.807) is 0 Å². The van der Waals surface area contributed by atoms with Crippen LogP contribution in [0.25, 0.3) is 0 Å². The summed E-state index contributed by atoms with van der Waals surface area (Å²) in [6.07, 6.45) is 0.885. The van der Waals surface area contributed by atoms with Crippen LogP contribution >= 0.6 is 0 Å². The van der Waals surface area contributed by atoms with Gasteiger partial charge in [-0.05, 0) is 40.0 Å². The van der Waals surface area contributed by atoms with Crippen LogP contribution in [0.5, 0.6) is 0 Å². The Morgan fingerprint density at radius 3 is 2.29 bits per heavy atom. The van der Waals surface area contributed by atoms with E-state index in [1.807, 2.05) is 20.8 Å². The zero-order chi connectivity index (χ0) is 10.9. The highest BCUT2D eigenvalue weighted by Crippen LogP contribution is 2.21. The van der Waals surface area contributed by atoms with E-state index in [0.717, 1.165) is 6.42 Å². The molecule has 0 bridgehead atoms. The van der Waals surface area contributed by atoms with E-state index < -0.39 is 0 Å². The van der Waals surface area contributed by atoms with Gasteiger partial charge in [0.2, 0.25) is 0 Å². The first-order valence-electron chi connectivity index (χ1n) is 5.28. The Labute approximate surface area is 86.2 Å². The normalized spacial score (nSPS) is 33.1. The van der Waals surface area contributed by atoms with Crippen molar-refractivity contribution in [2.45, 2.75) is 58.7 Å². The van der Waals surface area contributed by atoms with Crippen molar-refractivity contribution in [2.24, 2.45) is 5.92 Å². The lowest BCUT2D eigenvalue weighted by atomic mass is 10.0. The summed E-state index contributed by atoms with van der Waals surface area (Å²) in [6, 6.07) is 0.298. The monoisotopic (exact) mass is 199 g/mol. The lowest BCUT2D eigenvalue weighted by molar-refractivity contribution is -0.157.